The van der Waals surface area contributed by atoms with Gasteiger partial charge in [0.15, 0.2) is 0 Å². The van der Waals surface area contributed by atoms with Crippen LogP contribution in [0.2, 0.25) is 0 Å². The van der Waals surface area contributed by atoms with Gasteiger partial charge in [-0.15, -0.1) is 0 Å². The van der Waals surface area contributed by atoms with Crippen LogP contribution in [-0.2, 0) is 9.59 Å². The maximum absolute atomic E-state index is 12.9. The molecule has 0 fully saturated rings. The number of carboxylic acids is 1. The van der Waals surface area contributed by atoms with Gasteiger partial charge in [-0.3, -0.25) is 9.59 Å². The number of carbonyl (C=O) groups is 2. The summed E-state index contributed by atoms with van der Waals surface area (Å²) in [7, 11) is 0. The summed E-state index contributed by atoms with van der Waals surface area (Å²) in [6, 6.07) is 5.83. The van der Waals surface area contributed by atoms with Gasteiger partial charge < -0.3 is 10.4 Å². The maximum Gasteiger partial charge on any atom is 0.311 e. The molecule has 0 saturated carbocycles. The molecule has 5 heteroatoms. The van der Waals surface area contributed by atoms with Crippen molar-refractivity contribution in [1.29, 1.82) is 0 Å². The van der Waals surface area contributed by atoms with Gasteiger partial charge in [0.25, 0.3) is 0 Å². The number of amides is 1. The quantitative estimate of drug-likeness (QED) is 0.786. The third kappa shape index (κ3) is 4.50. The van der Waals surface area contributed by atoms with Crippen molar-refractivity contribution >= 4 is 18.0 Å². The third-order valence-electron chi connectivity index (χ3n) is 3.23. The second kappa shape index (κ2) is 6.84. The predicted octanol–water partition coefficient (Wildman–Crippen LogP) is 2.46. The molecule has 1 amide bonds. The van der Waals surface area contributed by atoms with E-state index in [2.05, 4.69) is 5.32 Å². The smallest absolute Gasteiger partial charge is 0.311 e. The monoisotopic (exact) mass is 279 g/mol. The van der Waals surface area contributed by atoms with Crippen LogP contribution < -0.4 is 5.32 Å². The summed E-state index contributed by atoms with van der Waals surface area (Å²) in [5.74, 6) is -1.73. The van der Waals surface area contributed by atoms with E-state index in [1.165, 1.54) is 24.3 Å². The van der Waals surface area contributed by atoms with Crippen LogP contribution in [0, 0.1) is 11.2 Å². The Bertz CT molecular complexity index is 528. The average molecular weight is 279 g/mol. The molecule has 1 aromatic carbocycles. The Morgan fingerprint density at radius 1 is 1.45 bits per heavy atom. The fourth-order valence-electron chi connectivity index (χ4n) is 1.48. The minimum atomic E-state index is -0.984. The number of carboxylic acid groups (broad SMARTS) is 1. The van der Waals surface area contributed by atoms with Crippen molar-refractivity contribution in [2.75, 3.05) is 6.54 Å². The van der Waals surface area contributed by atoms with Crippen molar-refractivity contribution in [2.24, 2.45) is 5.41 Å². The van der Waals surface area contributed by atoms with E-state index in [4.69, 9.17) is 5.11 Å². The normalized spacial score (nSPS) is 13.9. The van der Waals surface area contributed by atoms with E-state index in [1.54, 1.807) is 26.0 Å². The maximum atomic E-state index is 12.9. The van der Waals surface area contributed by atoms with Gasteiger partial charge in [-0.05, 0) is 37.1 Å². The molecule has 4 nitrogen and oxygen atoms in total. The predicted molar refractivity (Wildman–Crippen MR) is 74.5 cm³/mol. The van der Waals surface area contributed by atoms with Crippen LogP contribution in [0.3, 0.4) is 0 Å². The van der Waals surface area contributed by atoms with Crippen LogP contribution in [0.15, 0.2) is 30.3 Å². The summed E-state index contributed by atoms with van der Waals surface area (Å²) < 4.78 is 12.9. The lowest BCUT2D eigenvalue weighted by molar-refractivity contribution is -0.148. The van der Waals surface area contributed by atoms with E-state index < -0.39 is 17.3 Å². The van der Waals surface area contributed by atoms with Gasteiger partial charge in [-0.25, -0.2) is 4.39 Å². The van der Waals surface area contributed by atoms with Crippen LogP contribution >= 0.6 is 0 Å². The highest BCUT2D eigenvalue weighted by Gasteiger charge is 2.31. The van der Waals surface area contributed by atoms with Crippen molar-refractivity contribution < 1.29 is 19.1 Å². The standard InChI is InChI=1S/C15H18FNO3/c1-3-15(2,14(19)20)10-17-13(18)8-7-11-5-4-6-12(16)9-11/h4-9H,3,10H2,1-2H3,(H,17,18)(H,19,20)/b8-7+. The number of hydrogen-bond acceptors (Lipinski definition) is 2. The van der Waals surface area contributed by atoms with Gasteiger partial charge in [-0.2, -0.15) is 0 Å². The number of nitrogens with one attached hydrogen (secondary N) is 1. The summed E-state index contributed by atoms with van der Waals surface area (Å²) in [6.45, 7) is 3.37. The summed E-state index contributed by atoms with van der Waals surface area (Å²) in [4.78, 5) is 22.7. The molecule has 0 radical (unpaired) electrons. The van der Waals surface area contributed by atoms with Gasteiger partial charge in [0.1, 0.15) is 5.82 Å². The Labute approximate surface area is 117 Å². The molecule has 1 unspecified atom stereocenters. The molecule has 0 aliphatic carbocycles. The zero-order valence-electron chi connectivity index (χ0n) is 11.5. The molecule has 0 aromatic heterocycles. The molecule has 20 heavy (non-hydrogen) atoms. The molecular weight excluding hydrogens is 261 g/mol. The number of benzene rings is 1. The lowest BCUT2D eigenvalue weighted by Gasteiger charge is -2.22. The Balaban J connectivity index is 2.58. The van der Waals surface area contributed by atoms with Gasteiger partial charge in [0, 0.05) is 12.6 Å². The molecule has 0 spiro atoms. The summed E-state index contributed by atoms with van der Waals surface area (Å²) in [6.07, 6.45) is 3.14. The molecule has 1 atom stereocenters. The summed E-state index contributed by atoms with van der Waals surface area (Å²) in [5, 5.41) is 11.6. The number of rotatable bonds is 6. The lowest BCUT2D eigenvalue weighted by atomic mass is 9.88. The highest BCUT2D eigenvalue weighted by Crippen LogP contribution is 2.19. The van der Waals surface area contributed by atoms with E-state index in [-0.39, 0.29) is 12.4 Å². The first-order chi connectivity index (χ1) is 9.37. The molecule has 0 saturated heterocycles. The highest BCUT2D eigenvalue weighted by molar-refractivity contribution is 5.92. The van der Waals surface area contributed by atoms with Crippen LogP contribution in [0.5, 0.6) is 0 Å². The Kier molecular flexibility index (Phi) is 5.43. The third-order valence-corrected chi connectivity index (χ3v) is 3.23. The van der Waals surface area contributed by atoms with Crippen LogP contribution in [0.4, 0.5) is 4.39 Å². The minimum absolute atomic E-state index is 0.0468. The molecule has 0 aliphatic heterocycles. The molecule has 108 valence electrons. The van der Waals surface area contributed by atoms with E-state index in [9.17, 15) is 14.0 Å². The van der Waals surface area contributed by atoms with Gasteiger partial charge in [0.05, 0.1) is 5.41 Å². The van der Waals surface area contributed by atoms with Crippen molar-refractivity contribution in [3.8, 4) is 0 Å². The van der Waals surface area contributed by atoms with Crippen molar-refractivity contribution in [1.82, 2.24) is 5.32 Å². The highest BCUT2D eigenvalue weighted by atomic mass is 19.1. The van der Waals surface area contributed by atoms with Crippen LogP contribution in [-0.4, -0.2) is 23.5 Å². The van der Waals surface area contributed by atoms with E-state index in [0.717, 1.165) is 0 Å². The first-order valence-corrected chi connectivity index (χ1v) is 6.32. The zero-order valence-corrected chi connectivity index (χ0v) is 11.5. The van der Waals surface area contributed by atoms with Gasteiger partial charge >= 0.3 is 5.97 Å². The number of halogens is 1. The van der Waals surface area contributed by atoms with Crippen molar-refractivity contribution in [2.45, 2.75) is 20.3 Å². The Morgan fingerprint density at radius 3 is 2.70 bits per heavy atom. The summed E-state index contributed by atoms with van der Waals surface area (Å²) >= 11 is 0. The summed E-state index contributed by atoms with van der Waals surface area (Å²) in [5.41, 5.74) is -0.417. The molecule has 1 rings (SSSR count). The topological polar surface area (TPSA) is 66.4 Å². The average Bonchev–Trinajstić information content (AvgIpc) is 2.42. The number of aliphatic carboxylic acids is 1. The van der Waals surface area contributed by atoms with Gasteiger partial charge in [0.2, 0.25) is 5.91 Å². The fraction of sp³-hybridized carbons (Fsp3) is 0.333. The molecule has 0 heterocycles. The van der Waals surface area contributed by atoms with E-state index >= 15 is 0 Å². The first-order valence-electron chi connectivity index (χ1n) is 6.32. The second-order valence-corrected chi connectivity index (χ2v) is 4.83. The zero-order chi connectivity index (χ0) is 15.2. The van der Waals surface area contributed by atoms with Crippen molar-refractivity contribution in [3.63, 3.8) is 0 Å². The number of carbonyl (C=O) groups excluding carboxylic acids is 1. The second-order valence-electron chi connectivity index (χ2n) is 4.83. The molecule has 1 aromatic rings. The fourth-order valence-corrected chi connectivity index (χ4v) is 1.48. The molecule has 2 N–H and O–H groups in total. The Hall–Kier alpha value is -2.17. The molecule has 0 aliphatic rings. The van der Waals surface area contributed by atoms with Crippen LogP contribution in [0.25, 0.3) is 6.08 Å². The largest absolute Gasteiger partial charge is 0.481 e. The van der Waals surface area contributed by atoms with Crippen molar-refractivity contribution in [3.05, 3.63) is 41.7 Å². The Morgan fingerprint density at radius 2 is 2.15 bits per heavy atom. The van der Waals surface area contributed by atoms with Crippen LogP contribution in [0.1, 0.15) is 25.8 Å². The van der Waals surface area contributed by atoms with E-state index in [1.807, 2.05) is 0 Å². The van der Waals surface area contributed by atoms with Gasteiger partial charge in [-0.1, -0.05) is 19.1 Å². The van der Waals surface area contributed by atoms with E-state index in [0.29, 0.717) is 12.0 Å². The first kappa shape index (κ1) is 15.9. The molecule has 0 bridgehead atoms. The molecular formula is C15H18FNO3. The number of hydrogen-bond donors (Lipinski definition) is 2. The minimum Gasteiger partial charge on any atom is -0.481 e. The lowest BCUT2D eigenvalue weighted by Crippen LogP contribution is -2.40. The SMILES string of the molecule is CCC(C)(CNC(=O)/C=C/c1cccc(F)c1)C(=O)O.